The van der Waals surface area contributed by atoms with Gasteiger partial charge >= 0.3 is 0 Å². The van der Waals surface area contributed by atoms with E-state index in [1.165, 1.54) is 18.2 Å². The lowest BCUT2D eigenvalue weighted by Crippen LogP contribution is -2.33. The van der Waals surface area contributed by atoms with Crippen LogP contribution in [0.5, 0.6) is 0 Å². The van der Waals surface area contributed by atoms with E-state index in [2.05, 4.69) is 17.8 Å². The van der Waals surface area contributed by atoms with Gasteiger partial charge in [-0.25, -0.2) is 0 Å². The van der Waals surface area contributed by atoms with Crippen molar-refractivity contribution in [2.24, 2.45) is 0 Å². The first-order chi connectivity index (χ1) is 18.6. The molecule has 3 N–H and O–H groups in total. The zero-order chi connectivity index (χ0) is 28.4. The fourth-order valence-electron chi connectivity index (χ4n) is 5.18. The summed E-state index contributed by atoms with van der Waals surface area (Å²) in [4.78, 5) is 36.9. The number of hydrogen-bond donors (Lipinski definition) is 3. The number of benzene rings is 1. The molecule has 0 saturated carbocycles. The Bertz CT molecular complexity index is 1400. The summed E-state index contributed by atoms with van der Waals surface area (Å²) in [5.74, 6) is 7.13. The maximum Gasteiger partial charge on any atom is 0.184 e. The van der Waals surface area contributed by atoms with Crippen molar-refractivity contribution in [1.82, 2.24) is 0 Å². The second-order valence-corrected chi connectivity index (χ2v) is 9.73. The molecule has 3 aliphatic carbocycles. The lowest BCUT2D eigenvalue weighted by Gasteiger charge is -2.36. The molecule has 1 aromatic carbocycles. The van der Waals surface area contributed by atoms with Gasteiger partial charge in [0, 0.05) is 36.0 Å². The summed E-state index contributed by atoms with van der Waals surface area (Å²) in [5, 5.41) is 29.1. The topological polar surface area (TPSA) is 112 Å². The highest BCUT2D eigenvalue weighted by Gasteiger charge is 2.41. The lowest BCUT2D eigenvalue weighted by molar-refractivity contribution is -0.112. The van der Waals surface area contributed by atoms with Crippen LogP contribution in [0, 0.1) is 37.0 Å². The van der Waals surface area contributed by atoms with Crippen molar-refractivity contribution in [2.75, 3.05) is 0 Å². The molecule has 0 aliphatic heterocycles. The van der Waals surface area contributed by atoms with Gasteiger partial charge in [-0.05, 0) is 34.9 Å². The third-order valence-electron chi connectivity index (χ3n) is 7.63. The van der Waals surface area contributed by atoms with Crippen LogP contribution in [-0.4, -0.2) is 32.7 Å². The average molecular weight is 517 g/mol. The molecular formula is C33H24O6. The second kappa shape index (κ2) is 9.90. The third-order valence-corrected chi connectivity index (χ3v) is 7.63. The van der Waals surface area contributed by atoms with Gasteiger partial charge in [-0.3, -0.25) is 14.4 Å². The standard InChI is InChI=1S/C33H24O6/c1-4-31(10-7-28(37)22(16-31)19-34)25-13-26(32(5-2)11-8-29(38)23(17-32)20-35)15-27(14-25)33(6-3)12-9-30(39)24(18-33)21-36/h1-3,7-15,19-21,34-36H,16-18H2. The number of terminal acetylenes is 3. The first kappa shape index (κ1) is 26.8. The van der Waals surface area contributed by atoms with Crippen LogP contribution in [0.4, 0.5) is 0 Å². The number of rotatable bonds is 3. The molecule has 0 unspecified atom stereocenters. The van der Waals surface area contributed by atoms with Crippen LogP contribution in [0.25, 0.3) is 0 Å². The van der Waals surface area contributed by atoms with Crippen molar-refractivity contribution in [2.45, 2.75) is 35.5 Å². The minimum absolute atomic E-state index is 0.00340. The molecule has 0 heterocycles. The number of carbonyl (C=O) groups is 3. The number of ketones is 3. The van der Waals surface area contributed by atoms with Gasteiger partial charge < -0.3 is 15.3 Å². The SMILES string of the molecule is C#CC1(c2cc(C3(C#C)C=CC(=O)C(=CO)C3)cc(C3(C#C)C=CC(=O)C(=CO)C3)c2)C=CC(=O)C(=CO)C1. The number of allylic oxidation sites excluding steroid dienone is 9. The number of aliphatic hydroxyl groups is 3. The maximum absolute atomic E-state index is 12.3. The third kappa shape index (κ3) is 4.31. The minimum Gasteiger partial charge on any atom is -0.515 e. The zero-order valence-corrected chi connectivity index (χ0v) is 20.8. The molecule has 4 rings (SSSR count). The molecule has 0 aromatic heterocycles. The van der Waals surface area contributed by atoms with E-state index >= 15 is 0 Å². The van der Waals surface area contributed by atoms with Crippen LogP contribution >= 0.6 is 0 Å². The van der Waals surface area contributed by atoms with Crippen molar-refractivity contribution in [3.05, 3.63) is 107 Å². The normalized spacial score (nSPS) is 31.3. The maximum atomic E-state index is 12.3. The molecule has 0 bridgehead atoms. The first-order valence-corrected chi connectivity index (χ1v) is 12.0. The first-order valence-electron chi connectivity index (χ1n) is 12.0. The Morgan fingerprint density at radius 3 is 1.03 bits per heavy atom. The molecule has 1 aromatic rings. The largest absolute Gasteiger partial charge is 0.515 e. The number of carbonyl (C=O) groups excluding carboxylic acids is 3. The van der Waals surface area contributed by atoms with Crippen LogP contribution in [0.3, 0.4) is 0 Å². The molecule has 39 heavy (non-hydrogen) atoms. The van der Waals surface area contributed by atoms with E-state index in [-0.39, 0.29) is 53.3 Å². The fraction of sp³-hybridized carbons (Fsp3) is 0.182. The van der Waals surface area contributed by atoms with Gasteiger partial charge in [-0.1, -0.05) is 54.2 Å². The highest BCUT2D eigenvalue weighted by Crippen LogP contribution is 2.45. The molecule has 6 nitrogen and oxygen atoms in total. The van der Waals surface area contributed by atoms with Gasteiger partial charge in [-0.2, -0.15) is 0 Å². The molecular weight excluding hydrogens is 492 g/mol. The molecule has 0 amide bonds. The molecule has 6 heteroatoms. The summed E-state index contributed by atoms with van der Waals surface area (Å²) in [5.41, 5.74) is -1.58. The average Bonchev–Trinajstić information content (AvgIpc) is 2.98. The van der Waals surface area contributed by atoms with Crippen LogP contribution in [0.15, 0.2) is 90.2 Å². The summed E-state index contributed by atoms with van der Waals surface area (Å²) in [6.45, 7) is 0. The Kier molecular flexibility index (Phi) is 6.80. The van der Waals surface area contributed by atoms with Gasteiger partial charge in [0.1, 0.15) is 0 Å². The fourth-order valence-corrected chi connectivity index (χ4v) is 5.18. The summed E-state index contributed by atoms with van der Waals surface area (Å²) < 4.78 is 0. The van der Waals surface area contributed by atoms with Crippen LogP contribution in [0.1, 0.15) is 36.0 Å². The quantitative estimate of drug-likeness (QED) is 0.315. The van der Waals surface area contributed by atoms with E-state index in [1.54, 1.807) is 36.4 Å². The van der Waals surface area contributed by atoms with Crippen molar-refractivity contribution in [3.8, 4) is 37.0 Å². The minimum atomic E-state index is -1.17. The van der Waals surface area contributed by atoms with Gasteiger partial charge in [0.05, 0.1) is 35.0 Å². The van der Waals surface area contributed by atoms with Crippen LogP contribution in [0.2, 0.25) is 0 Å². The van der Waals surface area contributed by atoms with Crippen molar-refractivity contribution in [1.29, 1.82) is 0 Å². The smallest absolute Gasteiger partial charge is 0.184 e. The molecule has 3 aliphatic rings. The Balaban J connectivity index is 2.06. The van der Waals surface area contributed by atoms with Gasteiger partial charge in [-0.15, -0.1) is 19.3 Å². The van der Waals surface area contributed by atoms with E-state index in [0.29, 0.717) is 16.7 Å². The predicted octanol–water partition coefficient (Wildman–Crippen LogP) is 4.21. The van der Waals surface area contributed by atoms with Gasteiger partial charge in [0.15, 0.2) is 17.3 Å². The van der Waals surface area contributed by atoms with Crippen molar-refractivity contribution >= 4 is 17.3 Å². The zero-order valence-electron chi connectivity index (χ0n) is 20.8. The Labute approximate surface area is 226 Å². The molecule has 0 radical (unpaired) electrons. The summed E-state index contributed by atoms with van der Waals surface area (Å²) in [6.07, 6.45) is 28.9. The highest BCUT2D eigenvalue weighted by atomic mass is 16.2. The molecule has 0 fully saturated rings. The number of aliphatic hydroxyl groups excluding tert-OH is 3. The highest BCUT2D eigenvalue weighted by molar-refractivity contribution is 6.06. The summed E-state index contributed by atoms with van der Waals surface area (Å²) in [6, 6.07) is 5.29. The van der Waals surface area contributed by atoms with Gasteiger partial charge in [0.25, 0.3) is 0 Å². The Morgan fingerprint density at radius 2 is 0.821 bits per heavy atom. The van der Waals surface area contributed by atoms with Crippen molar-refractivity contribution in [3.63, 3.8) is 0 Å². The predicted molar refractivity (Wildman–Crippen MR) is 146 cm³/mol. The van der Waals surface area contributed by atoms with E-state index in [1.807, 2.05) is 0 Å². The monoisotopic (exact) mass is 516 g/mol. The molecule has 0 saturated heterocycles. The Hall–Kier alpha value is -5.25. The van der Waals surface area contributed by atoms with Crippen LogP contribution < -0.4 is 0 Å². The van der Waals surface area contributed by atoms with Crippen LogP contribution in [-0.2, 0) is 30.6 Å². The van der Waals surface area contributed by atoms with E-state index in [0.717, 1.165) is 18.8 Å². The second-order valence-electron chi connectivity index (χ2n) is 9.73. The van der Waals surface area contributed by atoms with Crippen molar-refractivity contribution < 1.29 is 29.7 Å². The molecule has 0 spiro atoms. The molecule has 192 valence electrons. The number of hydrogen-bond acceptors (Lipinski definition) is 6. The Morgan fingerprint density at radius 1 is 0.564 bits per heavy atom. The lowest BCUT2D eigenvalue weighted by atomic mass is 9.65. The molecule has 0 atom stereocenters. The van der Waals surface area contributed by atoms with E-state index in [9.17, 15) is 29.7 Å². The van der Waals surface area contributed by atoms with E-state index < -0.39 is 16.2 Å². The summed E-state index contributed by atoms with van der Waals surface area (Å²) in [7, 11) is 0. The van der Waals surface area contributed by atoms with Gasteiger partial charge in [0.2, 0.25) is 0 Å². The summed E-state index contributed by atoms with van der Waals surface area (Å²) >= 11 is 0. The van der Waals surface area contributed by atoms with E-state index in [4.69, 9.17) is 19.3 Å².